The largest absolute Gasteiger partial charge is 0.480 e. The minimum absolute atomic E-state index is 0.00579. The fourth-order valence-electron chi connectivity index (χ4n) is 0.404. The molecule has 4 nitrogen and oxygen atoms in total. The van der Waals surface area contributed by atoms with Gasteiger partial charge in [-0.25, -0.2) is 0 Å². The molecule has 0 aromatic carbocycles. The molecule has 0 heterocycles. The molecule has 0 aliphatic rings. The van der Waals surface area contributed by atoms with E-state index in [0.29, 0.717) is 0 Å². The highest BCUT2D eigenvalue weighted by Gasteiger charge is 2.12. The van der Waals surface area contributed by atoms with Gasteiger partial charge in [0.05, 0.1) is 12.5 Å². The van der Waals surface area contributed by atoms with Crippen LogP contribution in [0.2, 0.25) is 0 Å². The van der Waals surface area contributed by atoms with Gasteiger partial charge < -0.3 is 10.4 Å². The van der Waals surface area contributed by atoms with E-state index in [1.807, 2.05) is 0 Å². The van der Waals surface area contributed by atoms with E-state index in [1.165, 1.54) is 7.05 Å². The number of hydrogen-bond donors (Lipinski definition) is 2. The number of aliphatic carboxylic acids is 1. The Bertz CT molecular complexity index is 138. The SMILES string of the molecule is CN[C@@H](CC#N)C(=O)O. The lowest BCUT2D eigenvalue weighted by atomic mass is 10.2. The number of carboxylic acid groups (broad SMARTS) is 1. The van der Waals surface area contributed by atoms with Crippen LogP contribution in [0.25, 0.3) is 0 Å². The highest BCUT2D eigenvalue weighted by Crippen LogP contribution is 1.87. The average molecular weight is 128 g/mol. The normalized spacial score (nSPS) is 12.0. The van der Waals surface area contributed by atoms with Crippen LogP contribution in [0, 0.1) is 11.3 Å². The summed E-state index contributed by atoms with van der Waals surface area (Å²) in [4.78, 5) is 10.1. The Morgan fingerprint density at radius 2 is 2.56 bits per heavy atom. The predicted octanol–water partition coefficient (Wildman–Crippen LogP) is -0.427. The molecule has 0 saturated carbocycles. The molecule has 0 radical (unpaired) electrons. The van der Waals surface area contributed by atoms with Gasteiger partial charge in [-0.3, -0.25) is 4.79 Å². The first-order valence-electron chi connectivity index (χ1n) is 2.49. The molecular weight excluding hydrogens is 120 g/mol. The van der Waals surface area contributed by atoms with E-state index in [9.17, 15) is 4.79 Å². The van der Waals surface area contributed by atoms with Crippen LogP contribution in [0.4, 0.5) is 0 Å². The van der Waals surface area contributed by atoms with Gasteiger partial charge in [0.2, 0.25) is 0 Å². The molecule has 0 aromatic heterocycles. The number of rotatable bonds is 3. The first-order valence-corrected chi connectivity index (χ1v) is 2.49. The van der Waals surface area contributed by atoms with E-state index in [-0.39, 0.29) is 6.42 Å². The summed E-state index contributed by atoms with van der Waals surface area (Å²) in [7, 11) is 1.51. The van der Waals surface area contributed by atoms with Crippen molar-refractivity contribution in [2.45, 2.75) is 12.5 Å². The zero-order chi connectivity index (χ0) is 7.28. The number of likely N-dealkylation sites (N-methyl/N-ethyl adjacent to an activating group) is 1. The fraction of sp³-hybridized carbons (Fsp3) is 0.600. The number of nitriles is 1. The summed E-state index contributed by atoms with van der Waals surface area (Å²) in [6.07, 6.45) is 0.00579. The van der Waals surface area contributed by atoms with Gasteiger partial charge in [0.25, 0.3) is 0 Å². The molecule has 0 aliphatic heterocycles. The summed E-state index contributed by atoms with van der Waals surface area (Å²) in [5.41, 5.74) is 0. The van der Waals surface area contributed by atoms with E-state index in [4.69, 9.17) is 10.4 Å². The van der Waals surface area contributed by atoms with Gasteiger partial charge in [0.15, 0.2) is 0 Å². The molecule has 0 fully saturated rings. The molecular formula is C5H8N2O2. The van der Waals surface area contributed by atoms with Crippen LogP contribution in [0.1, 0.15) is 6.42 Å². The van der Waals surface area contributed by atoms with Gasteiger partial charge in [-0.2, -0.15) is 5.26 Å². The van der Waals surface area contributed by atoms with Crippen LogP contribution in [-0.2, 0) is 4.79 Å². The second kappa shape index (κ2) is 3.87. The Hall–Kier alpha value is -1.08. The quantitative estimate of drug-likeness (QED) is 0.541. The van der Waals surface area contributed by atoms with Crippen molar-refractivity contribution in [1.29, 1.82) is 5.26 Å². The third-order valence-corrected chi connectivity index (χ3v) is 0.942. The summed E-state index contributed by atoms with van der Waals surface area (Å²) in [6, 6.07) is 1.03. The van der Waals surface area contributed by atoms with Crippen molar-refractivity contribution in [3.05, 3.63) is 0 Å². The van der Waals surface area contributed by atoms with Crippen LogP contribution in [0.5, 0.6) is 0 Å². The summed E-state index contributed by atoms with van der Waals surface area (Å²) in [5.74, 6) is -0.987. The van der Waals surface area contributed by atoms with E-state index < -0.39 is 12.0 Å². The molecule has 0 bridgehead atoms. The van der Waals surface area contributed by atoms with Crippen LogP contribution in [0.15, 0.2) is 0 Å². The maximum Gasteiger partial charge on any atom is 0.321 e. The topological polar surface area (TPSA) is 73.1 Å². The first kappa shape index (κ1) is 7.92. The third-order valence-electron chi connectivity index (χ3n) is 0.942. The van der Waals surface area contributed by atoms with Crippen molar-refractivity contribution in [3.8, 4) is 6.07 Å². The van der Waals surface area contributed by atoms with E-state index in [1.54, 1.807) is 6.07 Å². The van der Waals surface area contributed by atoms with Gasteiger partial charge >= 0.3 is 5.97 Å². The van der Waals surface area contributed by atoms with Gasteiger partial charge in [-0.05, 0) is 7.05 Å². The molecule has 0 amide bonds. The van der Waals surface area contributed by atoms with Crippen molar-refractivity contribution in [2.24, 2.45) is 0 Å². The second-order valence-corrected chi connectivity index (χ2v) is 1.54. The van der Waals surface area contributed by atoms with E-state index in [2.05, 4.69) is 5.32 Å². The first-order chi connectivity index (χ1) is 4.22. The summed E-state index contributed by atoms with van der Waals surface area (Å²) in [6.45, 7) is 0. The zero-order valence-electron chi connectivity index (χ0n) is 5.09. The van der Waals surface area contributed by atoms with Crippen molar-refractivity contribution < 1.29 is 9.90 Å². The summed E-state index contributed by atoms with van der Waals surface area (Å²) >= 11 is 0. The molecule has 0 aromatic rings. The third kappa shape index (κ3) is 2.67. The molecule has 9 heavy (non-hydrogen) atoms. The number of carboxylic acids is 1. The van der Waals surface area contributed by atoms with Gasteiger partial charge in [-0.1, -0.05) is 0 Å². The van der Waals surface area contributed by atoms with Gasteiger partial charge in [-0.15, -0.1) is 0 Å². The molecule has 4 heteroatoms. The summed E-state index contributed by atoms with van der Waals surface area (Å²) in [5, 5.41) is 18.8. The standard InChI is InChI=1S/C5H8N2O2/c1-7-4(2-3-6)5(8)9/h4,7H,2H2,1H3,(H,8,9)/t4-/m0/s1. The average Bonchev–Trinajstić information content (AvgIpc) is 1.82. The lowest BCUT2D eigenvalue weighted by Crippen LogP contribution is -2.33. The van der Waals surface area contributed by atoms with Crippen molar-refractivity contribution in [2.75, 3.05) is 7.05 Å². The monoisotopic (exact) mass is 128 g/mol. The highest BCUT2D eigenvalue weighted by molar-refractivity contribution is 5.73. The number of nitrogens with zero attached hydrogens (tertiary/aromatic N) is 1. The molecule has 50 valence electrons. The zero-order valence-corrected chi connectivity index (χ0v) is 5.09. The lowest BCUT2D eigenvalue weighted by molar-refractivity contribution is -0.139. The molecule has 1 atom stereocenters. The Labute approximate surface area is 53.1 Å². The van der Waals surface area contributed by atoms with Crippen molar-refractivity contribution >= 4 is 5.97 Å². The fourth-order valence-corrected chi connectivity index (χ4v) is 0.404. The van der Waals surface area contributed by atoms with Crippen molar-refractivity contribution in [3.63, 3.8) is 0 Å². The molecule has 0 spiro atoms. The van der Waals surface area contributed by atoms with Crippen molar-refractivity contribution in [1.82, 2.24) is 5.32 Å². The maximum absolute atomic E-state index is 10.1. The highest BCUT2D eigenvalue weighted by atomic mass is 16.4. The van der Waals surface area contributed by atoms with Crippen LogP contribution < -0.4 is 5.32 Å². The summed E-state index contributed by atoms with van der Waals surface area (Å²) < 4.78 is 0. The van der Waals surface area contributed by atoms with Crippen LogP contribution in [-0.4, -0.2) is 24.2 Å². The Morgan fingerprint density at radius 1 is 2.00 bits per heavy atom. The minimum atomic E-state index is -0.987. The lowest BCUT2D eigenvalue weighted by Gasteiger charge is -2.03. The Kier molecular flexibility index (Phi) is 3.40. The molecule has 0 aliphatic carbocycles. The predicted molar refractivity (Wildman–Crippen MR) is 30.7 cm³/mol. The Balaban J connectivity index is 3.71. The number of carbonyl (C=O) groups is 1. The van der Waals surface area contributed by atoms with Gasteiger partial charge in [0.1, 0.15) is 6.04 Å². The van der Waals surface area contributed by atoms with Crippen LogP contribution >= 0.6 is 0 Å². The number of hydrogen-bond acceptors (Lipinski definition) is 3. The molecule has 0 saturated heterocycles. The molecule has 2 N–H and O–H groups in total. The van der Waals surface area contributed by atoms with E-state index in [0.717, 1.165) is 0 Å². The van der Waals surface area contributed by atoms with Crippen LogP contribution in [0.3, 0.4) is 0 Å². The molecule has 0 rings (SSSR count). The molecule has 0 unspecified atom stereocenters. The maximum atomic E-state index is 10.1. The Morgan fingerprint density at radius 3 is 2.67 bits per heavy atom. The smallest absolute Gasteiger partial charge is 0.321 e. The van der Waals surface area contributed by atoms with Gasteiger partial charge in [0, 0.05) is 0 Å². The second-order valence-electron chi connectivity index (χ2n) is 1.54. The number of nitrogens with one attached hydrogen (secondary N) is 1. The van der Waals surface area contributed by atoms with E-state index >= 15 is 0 Å². The minimum Gasteiger partial charge on any atom is -0.480 e.